The fourth-order valence-corrected chi connectivity index (χ4v) is 2.43. The third-order valence-electron chi connectivity index (χ3n) is 2.72. The van der Waals surface area contributed by atoms with Crippen LogP contribution in [0.4, 0.5) is 0 Å². The van der Waals surface area contributed by atoms with E-state index >= 15 is 0 Å². The van der Waals surface area contributed by atoms with Crippen LogP contribution in [0.2, 0.25) is 0 Å². The average molecular weight is 205 g/mol. The monoisotopic (exact) mass is 205 g/mol. The van der Waals surface area contributed by atoms with E-state index in [1.807, 2.05) is 17.5 Å². The molecule has 0 aliphatic heterocycles. The lowest BCUT2D eigenvalue weighted by Crippen LogP contribution is -2.12. The number of Topliss-reactive ketones (excluding diaryl/α,β-unsaturated/α-hetero) is 1. The molecule has 0 saturated heterocycles. The fourth-order valence-electron chi connectivity index (χ4n) is 1.66. The minimum Gasteiger partial charge on any atom is -0.297 e. The highest BCUT2D eigenvalue weighted by molar-refractivity contribution is 7.10. The van der Waals surface area contributed by atoms with E-state index in [1.54, 1.807) is 0 Å². The Kier molecular flexibility index (Phi) is 2.39. The third-order valence-corrected chi connectivity index (χ3v) is 3.65. The number of rotatable bonds is 3. The normalized spacial score (nSPS) is 26.6. The van der Waals surface area contributed by atoms with Gasteiger partial charge in [-0.1, -0.05) is 13.0 Å². The average Bonchev–Trinajstić information content (AvgIpc) is 2.67. The summed E-state index contributed by atoms with van der Waals surface area (Å²) >= 11 is 1.49. The summed E-state index contributed by atoms with van der Waals surface area (Å²) in [5.74, 6) is 0.215. The van der Waals surface area contributed by atoms with Crippen LogP contribution in [0.25, 0.3) is 0 Å². The van der Waals surface area contributed by atoms with Gasteiger partial charge in [0.15, 0.2) is 5.78 Å². The second-order valence-electron chi connectivity index (χ2n) is 3.80. The highest BCUT2D eigenvalue weighted by Crippen LogP contribution is 2.42. The van der Waals surface area contributed by atoms with Crippen LogP contribution in [0.3, 0.4) is 0 Å². The van der Waals surface area contributed by atoms with E-state index in [0.29, 0.717) is 5.92 Å². The summed E-state index contributed by atoms with van der Waals surface area (Å²) in [6.45, 7) is 2.06. The van der Waals surface area contributed by atoms with Crippen LogP contribution in [0.15, 0.2) is 17.5 Å². The Morgan fingerprint density at radius 2 is 2.50 bits per heavy atom. The van der Waals surface area contributed by atoms with E-state index in [2.05, 4.69) is 13.0 Å². The number of nitrogens with zero attached hydrogens (tertiary/aromatic N) is 1. The summed E-state index contributed by atoms with van der Waals surface area (Å²) < 4.78 is 0. The first-order valence-corrected chi connectivity index (χ1v) is 5.58. The summed E-state index contributed by atoms with van der Waals surface area (Å²) in [4.78, 5) is 12.7. The Labute approximate surface area is 87.2 Å². The van der Waals surface area contributed by atoms with E-state index in [-0.39, 0.29) is 11.7 Å². The topological polar surface area (TPSA) is 40.9 Å². The lowest BCUT2D eigenvalue weighted by molar-refractivity contribution is -0.120. The van der Waals surface area contributed by atoms with E-state index < -0.39 is 5.92 Å². The number of ketones is 1. The minimum absolute atomic E-state index is 0.113. The first-order chi connectivity index (χ1) is 6.74. The number of nitriles is 1. The van der Waals surface area contributed by atoms with Gasteiger partial charge in [-0.25, -0.2) is 0 Å². The highest BCUT2D eigenvalue weighted by Gasteiger charge is 2.42. The zero-order chi connectivity index (χ0) is 10.1. The Bertz CT molecular complexity index is 376. The molecule has 2 nitrogen and oxygen atoms in total. The standard InChI is InChI=1S/C11H11NOS/c1-7-5-8(7)11(13)9(6-12)10-3-2-4-14-10/h2-4,7-9H,5H2,1H3. The molecule has 0 aromatic carbocycles. The summed E-state index contributed by atoms with van der Waals surface area (Å²) in [6, 6.07) is 5.85. The number of carbonyl (C=O) groups is 1. The molecule has 2 rings (SSSR count). The Morgan fingerprint density at radius 3 is 2.93 bits per heavy atom. The van der Waals surface area contributed by atoms with Gasteiger partial charge in [0.1, 0.15) is 5.92 Å². The molecule has 1 aliphatic rings. The highest BCUT2D eigenvalue weighted by atomic mass is 32.1. The minimum atomic E-state index is -0.523. The number of hydrogen-bond acceptors (Lipinski definition) is 3. The number of carbonyl (C=O) groups excluding carboxylic acids is 1. The molecule has 0 radical (unpaired) electrons. The zero-order valence-electron chi connectivity index (χ0n) is 7.93. The van der Waals surface area contributed by atoms with E-state index in [1.165, 1.54) is 11.3 Å². The van der Waals surface area contributed by atoms with Gasteiger partial charge in [-0.2, -0.15) is 5.26 Å². The van der Waals surface area contributed by atoms with Gasteiger partial charge in [-0.3, -0.25) is 4.79 Å². The molecule has 1 heterocycles. The van der Waals surface area contributed by atoms with Crippen LogP contribution in [-0.4, -0.2) is 5.78 Å². The molecular weight excluding hydrogens is 194 g/mol. The Hall–Kier alpha value is -1.14. The molecule has 3 unspecified atom stereocenters. The van der Waals surface area contributed by atoms with Gasteiger partial charge >= 0.3 is 0 Å². The van der Waals surface area contributed by atoms with Crippen molar-refractivity contribution in [1.82, 2.24) is 0 Å². The Morgan fingerprint density at radius 1 is 1.79 bits per heavy atom. The van der Waals surface area contributed by atoms with Crippen LogP contribution in [0, 0.1) is 23.2 Å². The maximum absolute atomic E-state index is 11.8. The van der Waals surface area contributed by atoms with E-state index in [9.17, 15) is 4.79 Å². The molecule has 3 atom stereocenters. The molecule has 0 N–H and O–H groups in total. The molecule has 1 aromatic heterocycles. The number of hydrogen-bond donors (Lipinski definition) is 0. The van der Waals surface area contributed by atoms with Crippen LogP contribution < -0.4 is 0 Å². The summed E-state index contributed by atoms with van der Waals surface area (Å²) in [7, 11) is 0. The van der Waals surface area contributed by atoms with E-state index in [4.69, 9.17) is 5.26 Å². The van der Waals surface area contributed by atoms with Crippen molar-refractivity contribution in [2.24, 2.45) is 11.8 Å². The maximum atomic E-state index is 11.8. The molecule has 0 amide bonds. The van der Waals surface area contributed by atoms with Crippen molar-refractivity contribution >= 4 is 17.1 Å². The van der Waals surface area contributed by atoms with Crippen molar-refractivity contribution in [1.29, 1.82) is 5.26 Å². The van der Waals surface area contributed by atoms with E-state index in [0.717, 1.165) is 11.3 Å². The van der Waals surface area contributed by atoms with Gasteiger partial charge in [0.2, 0.25) is 0 Å². The molecule has 1 aromatic rings. The van der Waals surface area contributed by atoms with Crippen LogP contribution >= 0.6 is 11.3 Å². The summed E-state index contributed by atoms with van der Waals surface area (Å²) in [6.07, 6.45) is 0.961. The molecule has 1 fully saturated rings. The Balaban J connectivity index is 2.15. The van der Waals surface area contributed by atoms with Crippen LogP contribution in [-0.2, 0) is 4.79 Å². The van der Waals surface area contributed by atoms with Gasteiger partial charge in [0, 0.05) is 10.8 Å². The van der Waals surface area contributed by atoms with Crippen LogP contribution in [0.5, 0.6) is 0 Å². The third kappa shape index (κ3) is 1.58. The second-order valence-corrected chi connectivity index (χ2v) is 4.78. The van der Waals surface area contributed by atoms with Crippen molar-refractivity contribution in [3.63, 3.8) is 0 Å². The maximum Gasteiger partial charge on any atom is 0.158 e. The van der Waals surface area contributed by atoms with Gasteiger partial charge in [-0.05, 0) is 23.8 Å². The van der Waals surface area contributed by atoms with Crippen molar-refractivity contribution in [3.8, 4) is 6.07 Å². The van der Waals surface area contributed by atoms with Gasteiger partial charge < -0.3 is 0 Å². The van der Waals surface area contributed by atoms with Crippen molar-refractivity contribution in [3.05, 3.63) is 22.4 Å². The molecule has 72 valence electrons. The van der Waals surface area contributed by atoms with Crippen LogP contribution in [0.1, 0.15) is 24.1 Å². The van der Waals surface area contributed by atoms with Crippen molar-refractivity contribution in [2.75, 3.05) is 0 Å². The molecular formula is C11H11NOS. The first-order valence-electron chi connectivity index (χ1n) is 4.70. The second kappa shape index (κ2) is 3.55. The summed E-state index contributed by atoms with van der Waals surface area (Å²) in [5.41, 5.74) is 0. The molecule has 3 heteroatoms. The predicted molar refractivity (Wildman–Crippen MR) is 55.0 cm³/mol. The molecule has 1 aliphatic carbocycles. The lowest BCUT2D eigenvalue weighted by atomic mass is 9.99. The summed E-state index contributed by atoms with van der Waals surface area (Å²) in [5, 5.41) is 10.9. The fraction of sp³-hybridized carbons (Fsp3) is 0.455. The molecule has 1 saturated carbocycles. The van der Waals surface area contributed by atoms with Gasteiger partial charge in [0.25, 0.3) is 0 Å². The molecule has 0 spiro atoms. The predicted octanol–water partition coefficient (Wildman–Crippen LogP) is 2.58. The lowest BCUT2D eigenvalue weighted by Gasteiger charge is -2.03. The van der Waals surface area contributed by atoms with Crippen molar-refractivity contribution in [2.45, 2.75) is 19.3 Å². The van der Waals surface area contributed by atoms with Crippen molar-refractivity contribution < 1.29 is 4.79 Å². The number of thiophene rings is 1. The molecule has 0 bridgehead atoms. The van der Waals surface area contributed by atoms with Gasteiger partial charge in [-0.15, -0.1) is 11.3 Å². The quantitative estimate of drug-likeness (QED) is 0.761. The van der Waals surface area contributed by atoms with Gasteiger partial charge in [0.05, 0.1) is 6.07 Å². The zero-order valence-corrected chi connectivity index (χ0v) is 8.75. The SMILES string of the molecule is CC1CC1C(=O)C(C#N)c1cccs1. The smallest absolute Gasteiger partial charge is 0.158 e. The first kappa shape index (κ1) is 9.42. The largest absolute Gasteiger partial charge is 0.297 e. The molecule has 14 heavy (non-hydrogen) atoms.